The van der Waals surface area contributed by atoms with Crippen LogP contribution in [0.1, 0.15) is 5.56 Å². The van der Waals surface area contributed by atoms with Gasteiger partial charge in [0.2, 0.25) is 0 Å². The molecule has 0 bridgehead atoms. The van der Waals surface area contributed by atoms with Crippen LogP contribution >= 0.6 is 34.7 Å². The van der Waals surface area contributed by atoms with Gasteiger partial charge in [-0.25, -0.2) is 4.98 Å². The van der Waals surface area contributed by atoms with E-state index in [0.717, 1.165) is 28.3 Å². The molecule has 1 saturated heterocycles. The minimum Gasteiger partial charge on any atom is -0.298 e. The van der Waals surface area contributed by atoms with Crippen molar-refractivity contribution in [2.45, 2.75) is 6.54 Å². The van der Waals surface area contributed by atoms with E-state index in [1.165, 1.54) is 11.3 Å². The van der Waals surface area contributed by atoms with Gasteiger partial charge in [-0.15, -0.1) is 11.3 Å². The number of amides is 3. The lowest BCUT2D eigenvalue weighted by Crippen LogP contribution is -2.27. The first-order valence-electron chi connectivity index (χ1n) is 6.73. The summed E-state index contributed by atoms with van der Waals surface area (Å²) < 4.78 is 0. The fourth-order valence-corrected chi connectivity index (χ4v) is 3.55. The molecule has 0 radical (unpaired) electrons. The fraction of sp³-hybridized carbons (Fsp3) is 0.0667. The van der Waals surface area contributed by atoms with E-state index in [1.54, 1.807) is 35.8 Å². The van der Waals surface area contributed by atoms with E-state index in [9.17, 15) is 14.4 Å². The molecule has 0 aliphatic carbocycles. The number of hydrogen-bond donors (Lipinski definition) is 1. The zero-order valence-corrected chi connectivity index (χ0v) is 14.5. The van der Waals surface area contributed by atoms with Crippen LogP contribution in [0.4, 0.5) is 9.93 Å². The van der Waals surface area contributed by atoms with E-state index >= 15 is 0 Å². The summed E-state index contributed by atoms with van der Waals surface area (Å²) in [4.78, 5) is 41.3. The number of aromatic nitrogens is 1. The fourth-order valence-electron chi connectivity index (χ4n) is 2.00. The van der Waals surface area contributed by atoms with Crippen molar-refractivity contribution in [2.75, 3.05) is 5.32 Å². The third-order valence-electron chi connectivity index (χ3n) is 3.03. The zero-order chi connectivity index (χ0) is 17.1. The Bertz CT molecular complexity index is 836. The van der Waals surface area contributed by atoms with Crippen molar-refractivity contribution in [3.8, 4) is 0 Å². The minimum atomic E-state index is -0.502. The molecular weight excluding hydrogens is 370 g/mol. The number of anilines is 1. The normalized spacial score (nSPS) is 16.0. The molecular formula is C15H10ClN3O3S2. The van der Waals surface area contributed by atoms with Crippen LogP contribution < -0.4 is 5.32 Å². The van der Waals surface area contributed by atoms with Gasteiger partial charge in [0.15, 0.2) is 5.13 Å². The average molecular weight is 380 g/mol. The maximum atomic E-state index is 12.3. The summed E-state index contributed by atoms with van der Waals surface area (Å²) in [6.45, 7) is 0.108. The van der Waals surface area contributed by atoms with Crippen molar-refractivity contribution in [3.05, 3.63) is 57.4 Å². The molecule has 1 aromatic carbocycles. The van der Waals surface area contributed by atoms with Gasteiger partial charge < -0.3 is 0 Å². The summed E-state index contributed by atoms with van der Waals surface area (Å²) >= 11 is 7.90. The average Bonchev–Trinajstić information content (AvgIpc) is 3.12. The Morgan fingerprint density at radius 3 is 2.92 bits per heavy atom. The number of thiazole rings is 1. The molecule has 0 spiro atoms. The topological polar surface area (TPSA) is 79.4 Å². The summed E-state index contributed by atoms with van der Waals surface area (Å²) in [7, 11) is 0. The molecule has 0 atom stereocenters. The molecule has 1 aromatic heterocycles. The molecule has 2 heterocycles. The van der Waals surface area contributed by atoms with Crippen LogP contribution in [0.3, 0.4) is 0 Å². The first-order chi connectivity index (χ1) is 11.5. The summed E-state index contributed by atoms with van der Waals surface area (Å²) in [5.41, 5.74) is 0.735. The number of benzene rings is 1. The number of nitrogens with one attached hydrogen (secondary N) is 1. The van der Waals surface area contributed by atoms with Crippen LogP contribution in [-0.4, -0.2) is 26.9 Å². The second-order valence-corrected chi connectivity index (χ2v) is 7.05. The van der Waals surface area contributed by atoms with Crippen molar-refractivity contribution < 1.29 is 14.4 Å². The van der Waals surface area contributed by atoms with Crippen molar-refractivity contribution in [1.29, 1.82) is 0 Å². The molecule has 1 aliphatic heterocycles. The van der Waals surface area contributed by atoms with Crippen molar-refractivity contribution in [3.63, 3.8) is 0 Å². The van der Waals surface area contributed by atoms with Crippen molar-refractivity contribution >= 4 is 56.9 Å². The SMILES string of the molecule is O=C(C=C1SC(=O)N(Cc2cccc(Cl)c2)C1=O)Nc1nccs1. The molecule has 3 rings (SSSR count). The van der Waals surface area contributed by atoms with E-state index in [0.29, 0.717) is 10.2 Å². The molecule has 0 unspecified atom stereocenters. The highest BCUT2D eigenvalue weighted by Gasteiger charge is 2.35. The van der Waals surface area contributed by atoms with Crippen LogP contribution in [0, 0.1) is 0 Å². The van der Waals surface area contributed by atoms with Gasteiger partial charge in [-0.05, 0) is 29.5 Å². The lowest BCUT2D eigenvalue weighted by Gasteiger charge is -2.12. The molecule has 1 fully saturated rings. The number of carbonyl (C=O) groups excluding carboxylic acids is 3. The predicted octanol–water partition coefficient (Wildman–Crippen LogP) is 3.51. The molecule has 0 saturated carbocycles. The third-order valence-corrected chi connectivity index (χ3v) is 4.86. The largest absolute Gasteiger partial charge is 0.298 e. The van der Waals surface area contributed by atoms with Gasteiger partial charge in [-0.1, -0.05) is 23.7 Å². The monoisotopic (exact) mass is 379 g/mol. The first-order valence-corrected chi connectivity index (χ1v) is 8.80. The Labute approximate surface area is 150 Å². The summed E-state index contributed by atoms with van der Waals surface area (Å²) in [6.07, 6.45) is 2.67. The predicted molar refractivity (Wildman–Crippen MR) is 93.8 cm³/mol. The lowest BCUT2D eigenvalue weighted by molar-refractivity contribution is -0.123. The Hall–Kier alpha value is -2.16. The molecule has 9 heteroatoms. The van der Waals surface area contributed by atoms with Crippen molar-refractivity contribution in [1.82, 2.24) is 9.88 Å². The quantitative estimate of drug-likeness (QED) is 0.822. The summed E-state index contributed by atoms with van der Waals surface area (Å²) in [6, 6.07) is 6.91. The van der Waals surface area contributed by atoms with Crippen LogP contribution in [0.2, 0.25) is 5.02 Å². The van der Waals surface area contributed by atoms with Crippen LogP contribution in [0.15, 0.2) is 46.8 Å². The molecule has 6 nitrogen and oxygen atoms in total. The van der Waals surface area contributed by atoms with Gasteiger partial charge in [0.25, 0.3) is 17.1 Å². The molecule has 1 N–H and O–H groups in total. The van der Waals surface area contributed by atoms with Gasteiger partial charge in [-0.2, -0.15) is 0 Å². The highest BCUT2D eigenvalue weighted by molar-refractivity contribution is 8.18. The molecule has 24 heavy (non-hydrogen) atoms. The molecule has 1 aliphatic rings. The second kappa shape index (κ2) is 7.16. The van der Waals surface area contributed by atoms with E-state index < -0.39 is 17.1 Å². The number of hydrogen-bond acceptors (Lipinski definition) is 6. The minimum absolute atomic E-state index is 0.0797. The highest BCUT2D eigenvalue weighted by Crippen LogP contribution is 2.32. The van der Waals surface area contributed by atoms with Gasteiger partial charge in [0, 0.05) is 22.7 Å². The highest BCUT2D eigenvalue weighted by atomic mass is 35.5. The van der Waals surface area contributed by atoms with Gasteiger partial charge in [-0.3, -0.25) is 24.6 Å². The smallest absolute Gasteiger partial charge is 0.293 e. The Kier molecular flexibility index (Phi) is 4.98. The number of thioether (sulfide) groups is 1. The Morgan fingerprint density at radius 1 is 1.38 bits per heavy atom. The van der Waals surface area contributed by atoms with Crippen molar-refractivity contribution in [2.24, 2.45) is 0 Å². The van der Waals surface area contributed by atoms with Crippen LogP contribution in [-0.2, 0) is 16.1 Å². The number of imide groups is 1. The lowest BCUT2D eigenvalue weighted by atomic mass is 10.2. The van der Waals surface area contributed by atoms with Gasteiger partial charge in [0.05, 0.1) is 11.4 Å². The number of nitrogens with zero attached hydrogens (tertiary/aromatic N) is 2. The summed E-state index contributed by atoms with van der Waals surface area (Å²) in [5, 5.41) is 4.78. The van der Waals surface area contributed by atoms with Gasteiger partial charge >= 0.3 is 0 Å². The number of halogens is 1. The standard InChI is InChI=1S/C15H10ClN3O3S2/c16-10-3-1-2-9(6-10)8-19-13(21)11(24-15(19)22)7-12(20)18-14-17-4-5-23-14/h1-7H,8H2,(H,17,18,20). The van der Waals surface area contributed by atoms with E-state index in [4.69, 9.17) is 11.6 Å². The Balaban J connectivity index is 1.71. The molecule has 2 aromatic rings. The summed E-state index contributed by atoms with van der Waals surface area (Å²) in [5.74, 6) is -1.00. The first kappa shape index (κ1) is 16.7. The number of carbonyl (C=O) groups is 3. The second-order valence-electron chi connectivity index (χ2n) is 4.72. The van der Waals surface area contributed by atoms with Crippen LogP contribution in [0.25, 0.3) is 0 Å². The zero-order valence-electron chi connectivity index (χ0n) is 12.1. The van der Waals surface area contributed by atoms with E-state index in [2.05, 4.69) is 10.3 Å². The van der Waals surface area contributed by atoms with E-state index in [1.807, 2.05) is 0 Å². The third kappa shape index (κ3) is 3.84. The maximum Gasteiger partial charge on any atom is 0.293 e. The van der Waals surface area contributed by atoms with Crippen LogP contribution in [0.5, 0.6) is 0 Å². The molecule has 3 amide bonds. The maximum absolute atomic E-state index is 12.3. The Morgan fingerprint density at radius 2 is 2.21 bits per heavy atom. The van der Waals surface area contributed by atoms with Gasteiger partial charge in [0.1, 0.15) is 0 Å². The van der Waals surface area contributed by atoms with E-state index in [-0.39, 0.29) is 11.4 Å². The molecule has 122 valence electrons. The number of rotatable bonds is 4.